The minimum atomic E-state index is -0.902. The van der Waals surface area contributed by atoms with Gasteiger partial charge in [0.05, 0.1) is 11.0 Å². The highest BCUT2D eigenvalue weighted by molar-refractivity contribution is 6.04. The van der Waals surface area contributed by atoms with Gasteiger partial charge in [0, 0.05) is 6.54 Å². The van der Waals surface area contributed by atoms with E-state index >= 15 is 0 Å². The number of amides is 1. The van der Waals surface area contributed by atoms with E-state index in [9.17, 15) is 13.6 Å². The van der Waals surface area contributed by atoms with Crippen LogP contribution in [0.2, 0.25) is 0 Å². The summed E-state index contributed by atoms with van der Waals surface area (Å²) in [5.41, 5.74) is 0.964. The number of nitrogens with one attached hydrogen (secondary N) is 1. The molecule has 118 valence electrons. The lowest BCUT2D eigenvalue weighted by Crippen LogP contribution is -2.19. The maximum atomic E-state index is 13.7. The van der Waals surface area contributed by atoms with Crippen LogP contribution in [0.5, 0.6) is 0 Å². The summed E-state index contributed by atoms with van der Waals surface area (Å²) in [4.78, 5) is 16.6. The second kappa shape index (κ2) is 6.16. The molecule has 0 aliphatic carbocycles. The van der Waals surface area contributed by atoms with Crippen LogP contribution in [0, 0.1) is 11.6 Å². The van der Waals surface area contributed by atoms with Crippen molar-refractivity contribution in [2.75, 3.05) is 5.32 Å². The average molecular weight is 315 g/mol. The first-order valence-corrected chi connectivity index (χ1v) is 7.32. The molecule has 0 aliphatic heterocycles. The van der Waals surface area contributed by atoms with Crippen LogP contribution in [0.1, 0.15) is 23.7 Å². The smallest absolute Gasteiger partial charge is 0.263 e. The van der Waals surface area contributed by atoms with E-state index in [1.165, 1.54) is 6.07 Å². The predicted molar refractivity (Wildman–Crippen MR) is 84.3 cm³/mol. The van der Waals surface area contributed by atoms with Gasteiger partial charge < -0.3 is 4.57 Å². The fourth-order valence-electron chi connectivity index (χ4n) is 2.50. The third kappa shape index (κ3) is 2.79. The number of rotatable bonds is 4. The summed E-state index contributed by atoms with van der Waals surface area (Å²) in [6.45, 7) is 2.63. The van der Waals surface area contributed by atoms with Crippen LogP contribution in [-0.4, -0.2) is 15.5 Å². The average Bonchev–Trinajstić information content (AvgIpc) is 2.85. The second-order valence-electron chi connectivity index (χ2n) is 5.13. The van der Waals surface area contributed by atoms with Crippen molar-refractivity contribution in [1.29, 1.82) is 0 Å². The maximum Gasteiger partial charge on any atom is 0.263 e. The molecule has 0 bridgehead atoms. The Morgan fingerprint density at radius 2 is 1.83 bits per heavy atom. The fourth-order valence-corrected chi connectivity index (χ4v) is 2.50. The van der Waals surface area contributed by atoms with Crippen LogP contribution in [-0.2, 0) is 6.54 Å². The van der Waals surface area contributed by atoms with Crippen molar-refractivity contribution in [2.24, 2.45) is 0 Å². The van der Waals surface area contributed by atoms with Gasteiger partial charge in [-0.2, -0.15) is 0 Å². The van der Waals surface area contributed by atoms with E-state index in [0.717, 1.165) is 24.1 Å². The van der Waals surface area contributed by atoms with Crippen LogP contribution in [0.4, 0.5) is 14.7 Å². The van der Waals surface area contributed by atoms with Crippen LogP contribution >= 0.6 is 0 Å². The molecule has 0 radical (unpaired) electrons. The maximum absolute atomic E-state index is 13.7. The zero-order chi connectivity index (χ0) is 16.4. The molecule has 0 atom stereocenters. The number of benzene rings is 2. The SMILES string of the molecule is CCCn1c(NC(=O)c2c(F)cccc2F)nc2ccccc21. The number of nitrogens with zero attached hydrogens (tertiary/aromatic N) is 2. The number of aryl methyl sites for hydroxylation is 1. The zero-order valence-electron chi connectivity index (χ0n) is 12.5. The number of para-hydroxylation sites is 2. The Labute approximate surface area is 131 Å². The Balaban J connectivity index is 2.01. The van der Waals surface area contributed by atoms with Gasteiger partial charge in [0.25, 0.3) is 5.91 Å². The second-order valence-corrected chi connectivity index (χ2v) is 5.13. The van der Waals surface area contributed by atoms with E-state index in [4.69, 9.17) is 0 Å². The van der Waals surface area contributed by atoms with Gasteiger partial charge in [-0.05, 0) is 30.7 Å². The number of carbonyl (C=O) groups excluding carboxylic acids is 1. The molecular formula is C17H15F2N3O. The number of carbonyl (C=O) groups is 1. The van der Waals surface area contributed by atoms with Gasteiger partial charge in [-0.1, -0.05) is 25.1 Å². The van der Waals surface area contributed by atoms with Crippen LogP contribution in [0.3, 0.4) is 0 Å². The monoisotopic (exact) mass is 315 g/mol. The molecular weight excluding hydrogens is 300 g/mol. The number of halogens is 2. The van der Waals surface area contributed by atoms with E-state index in [1.807, 2.05) is 35.8 Å². The summed E-state index contributed by atoms with van der Waals surface area (Å²) in [5, 5.41) is 2.52. The first kappa shape index (κ1) is 15.1. The molecule has 1 aromatic heterocycles. The van der Waals surface area contributed by atoms with Crippen LogP contribution in [0.25, 0.3) is 11.0 Å². The Kier molecular flexibility index (Phi) is 4.06. The summed E-state index contributed by atoms with van der Waals surface area (Å²) >= 11 is 0. The molecule has 3 rings (SSSR count). The standard InChI is InChI=1S/C17H15F2N3O/c1-2-10-22-14-9-4-3-8-13(14)20-17(22)21-16(23)15-11(18)6-5-7-12(15)19/h3-9H,2,10H2,1H3,(H,20,21,23). The van der Waals surface area contributed by atoms with Crippen LogP contribution in [0.15, 0.2) is 42.5 Å². The molecule has 0 spiro atoms. The molecule has 6 heteroatoms. The lowest BCUT2D eigenvalue weighted by Gasteiger charge is -2.09. The molecule has 4 nitrogen and oxygen atoms in total. The van der Waals surface area contributed by atoms with Gasteiger partial charge in [-0.15, -0.1) is 0 Å². The highest BCUT2D eigenvalue weighted by Gasteiger charge is 2.20. The first-order chi connectivity index (χ1) is 11.1. The molecule has 0 saturated carbocycles. The molecule has 0 aliphatic rings. The topological polar surface area (TPSA) is 46.9 Å². The minimum Gasteiger partial charge on any atom is -0.310 e. The molecule has 2 aromatic carbocycles. The number of fused-ring (bicyclic) bond motifs is 1. The van der Waals surface area contributed by atoms with Gasteiger partial charge in [-0.25, -0.2) is 13.8 Å². The molecule has 1 N–H and O–H groups in total. The van der Waals surface area contributed by atoms with Gasteiger partial charge in [0.15, 0.2) is 0 Å². The number of imidazole rings is 1. The Morgan fingerprint density at radius 1 is 1.13 bits per heavy atom. The molecule has 0 fully saturated rings. The highest BCUT2D eigenvalue weighted by Crippen LogP contribution is 2.21. The van der Waals surface area contributed by atoms with Gasteiger partial charge in [0.2, 0.25) is 5.95 Å². The normalized spacial score (nSPS) is 10.9. The van der Waals surface area contributed by atoms with Crippen LogP contribution < -0.4 is 5.32 Å². The van der Waals surface area contributed by atoms with Crippen molar-refractivity contribution in [3.63, 3.8) is 0 Å². The van der Waals surface area contributed by atoms with E-state index in [1.54, 1.807) is 0 Å². The van der Waals surface area contributed by atoms with E-state index < -0.39 is 23.1 Å². The van der Waals surface area contributed by atoms with Crippen molar-refractivity contribution in [2.45, 2.75) is 19.9 Å². The summed E-state index contributed by atoms with van der Waals surface area (Å²) in [6, 6.07) is 10.7. The molecule has 1 heterocycles. The van der Waals surface area contributed by atoms with Crippen molar-refractivity contribution >= 4 is 22.9 Å². The number of anilines is 1. The lowest BCUT2D eigenvalue weighted by atomic mass is 10.2. The number of hydrogen-bond donors (Lipinski definition) is 1. The van der Waals surface area contributed by atoms with E-state index in [0.29, 0.717) is 12.1 Å². The highest BCUT2D eigenvalue weighted by atomic mass is 19.1. The Morgan fingerprint density at radius 3 is 2.52 bits per heavy atom. The molecule has 1 amide bonds. The zero-order valence-corrected chi connectivity index (χ0v) is 12.5. The third-order valence-electron chi connectivity index (χ3n) is 3.52. The summed E-state index contributed by atoms with van der Waals surface area (Å²) < 4.78 is 29.3. The first-order valence-electron chi connectivity index (χ1n) is 7.32. The third-order valence-corrected chi connectivity index (χ3v) is 3.52. The van der Waals surface area contributed by atoms with Gasteiger partial charge >= 0.3 is 0 Å². The van der Waals surface area contributed by atoms with E-state index in [-0.39, 0.29) is 5.95 Å². The lowest BCUT2D eigenvalue weighted by molar-refractivity contribution is 0.101. The molecule has 23 heavy (non-hydrogen) atoms. The predicted octanol–water partition coefficient (Wildman–Crippen LogP) is 3.98. The summed E-state index contributed by atoms with van der Waals surface area (Å²) in [7, 11) is 0. The number of hydrogen-bond acceptors (Lipinski definition) is 2. The van der Waals surface area contributed by atoms with Crippen molar-refractivity contribution in [3.05, 3.63) is 59.7 Å². The van der Waals surface area contributed by atoms with E-state index in [2.05, 4.69) is 10.3 Å². The largest absolute Gasteiger partial charge is 0.310 e. The van der Waals surface area contributed by atoms with Gasteiger partial charge in [0.1, 0.15) is 17.2 Å². The van der Waals surface area contributed by atoms with Crippen molar-refractivity contribution in [1.82, 2.24) is 9.55 Å². The molecule has 0 saturated heterocycles. The molecule has 3 aromatic rings. The minimum absolute atomic E-state index is 0.278. The quantitative estimate of drug-likeness (QED) is 0.791. The summed E-state index contributed by atoms with van der Waals surface area (Å²) in [6.07, 6.45) is 0.831. The summed E-state index contributed by atoms with van der Waals surface area (Å²) in [5.74, 6) is -2.38. The van der Waals surface area contributed by atoms with Crippen molar-refractivity contribution < 1.29 is 13.6 Å². The molecule has 0 unspecified atom stereocenters. The number of aromatic nitrogens is 2. The fraction of sp³-hybridized carbons (Fsp3) is 0.176. The van der Waals surface area contributed by atoms with Crippen molar-refractivity contribution in [3.8, 4) is 0 Å². The Hall–Kier alpha value is -2.76. The Bertz CT molecular complexity index is 853. The van der Waals surface area contributed by atoms with Gasteiger partial charge in [-0.3, -0.25) is 10.1 Å².